The lowest BCUT2D eigenvalue weighted by Crippen LogP contribution is -2.57. The Morgan fingerprint density at radius 1 is 1.39 bits per heavy atom. The van der Waals surface area contributed by atoms with Gasteiger partial charge in [0.15, 0.2) is 6.04 Å². The van der Waals surface area contributed by atoms with Crippen molar-refractivity contribution in [3.8, 4) is 0 Å². The summed E-state index contributed by atoms with van der Waals surface area (Å²) >= 11 is 0. The predicted octanol–water partition coefficient (Wildman–Crippen LogP) is 0.590. The van der Waals surface area contributed by atoms with Crippen LogP contribution in [0.4, 0.5) is 4.79 Å². The molecule has 6 heteroatoms. The smallest absolute Gasteiger partial charge is 0.328 e. The summed E-state index contributed by atoms with van der Waals surface area (Å²) in [6.45, 7) is 0.778. The maximum Gasteiger partial charge on any atom is 0.328 e. The summed E-state index contributed by atoms with van der Waals surface area (Å²) in [6.07, 6.45) is 6.81. The van der Waals surface area contributed by atoms with Gasteiger partial charge in [-0.3, -0.25) is 0 Å². The molecule has 1 heterocycles. The minimum absolute atomic E-state index is 0.0628. The highest BCUT2D eigenvalue weighted by atomic mass is 16.5. The van der Waals surface area contributed by atoms with E-state index in [-0.39, 0.29) is 18.7 Å². The van der Waals surface area contributed by atoms with Gasteiger partial charge >= 0.3 is 12.0 Å². The van der Waals surface area contributed by atoms with Crippen molar-refractivity contribution in [2.75, 3.05) is 19.8 Å². The molecule has 2 atom stereocenters. The summed E-state index contributed by atoms with van der Waals surface area (Å²) in [5, 5.41) is 11.9. The third-order valence-corrected chi connectivity index (χ3v) is 3.27. The number of rotatable bonds is 2. The summed E-state index contributed by atoms with van der Waals surface area (Å²) in [6, 6.07) is -1.07. The molecule has 0 aromatic carbocycles. The SMILES string of the molecule is O=C(O)C1COCCN1C(=O)NC1CC=CCC1. The molecule has 0 bridgehead atoms. The van der Waals surface area contributed by atoms with Gasteiger partial charge in [-0.2, -0.15) is 0 Å². The molecule has 18 heavy (non-hydrogen) atoms. The maximum absolute atomic E-state index is 12.1. The number of urea groups is 1. The zero-order valence-corrected chi connectivity index (χ0v) is 10.2. The largest absolute Gasteiger partial charge is 0.480 e. The normalized spacial score (nSPS) is 27.9. The molecular weight excluding hydrogens is 236 g/mol. The third-order valence-electron chi connectivity index (χ3n) is 3.27. The number of carboxylic acids is 1. The van der Waals surface area contributed by atoms with Crippen LogP contribution in [0.1, 0.15) is 19.3 Å². The van der Waals surface area contributed by atoms with Crippen LogP contribution in [0, 0.1) is 0 Å². The minimum Gasteiger partial charge on any atom is -0.480 e. The number of carboxylic acid groups (broad SMARTS) is 1. The Morgan fingerprint density at radius 2 is 2.22 bits per heavy atom. The van der Waals surface area contributed by atoms with Gasteiger partial charge in [0.2, 0.25) is 0 Å². The molecule has 100 valence electrons. The average molecular weight is 254 g/mol. The van der Waals surface area contributed by atoms with E-state index >= 15 is 0 Å². The topological polar surface area (TPSA) is 78.9 Å². The Labute approximate surface area is 106 Å². The van der Waals surface area contributed by atoms with E-state index in [0.717, 1.165) is 19.3 Å². The second kappa shape index (κ2) is 5.86. The van der Waals surface area contributed by atoms with E-state index < -0.39 is 12.0 Å². The maximum atomic E-state index is 12.1. The summed E-state index contributed by atoms with van der Waals surface area (Å²) in [7, 11) is 0. The zero-order chi connectivity index (χ0) is 13.0. The van der Waals surface area contributed by atoms with Gasteiger partial charge < -0.3 is 20.1 Å². The van der Waals surface area contributed by atoms with Crippen LogP contribution in [0.5, 0.6) is 0 Å². The molecule has 6 nitrogen and oxygen atoms in total. The van der Waals surface area contributed by atoms with Crippen LogP contribution in [-0.4, -0.2) is 53.8 Å². The lowest BCUT2D eigenvalue weighted by molar-refractivity contribution is -0.147. The quantitative estimate of drug-likeness (QED) is 0.707. The fourth-order valence-electron chi connectivity index (χ4n) is 2.23. The van der Waals surface area contributed by atoms with Crippen LogP contribution in [0.3, 0.4) is 0 Å². The van der Waals surface area contributed by atoms with Crippen molar-refractivity contribution in [3.63, 3.8) is 0 Å². The molecule has 1 aliphatic carbocycles. The Bertz CT molecular complexity index is 356. The lowest BCUT2D eigenvalue weighted by Gasteiger charge is -2.34. The molecule has 2 rings (SSSR count). The number of nitrogens with zero attached hydrogens (tertiary/aromatic N) is 1. The summed E-state index contributed by atoms with van der Waals surface area (Å²) in [4.78, 5) is 24.5. The number of hydrogen-bond donors (Lipinski definition) is 2. The predicted molar refractivity (Wildman–Crippen MR) is 64.3 cm³/mol. The number of aliphatic carboxylic acids is 1. The molecule has 2 amide bonds. The molecule has 1 aliphatic heterocycles. The van der Waals surface area contributed by atoms with Crippen molar-refractivity contribution >= 4 is 12.0 Å². The van der Waals surface area contributed by atoms with Gasteiger partial charge in [0.05, 0.1) is 13.2 Å². The molecule has 2 N–H and O–H groups in total. The molecule has 1 saturated heterocycles. The van der Waals surface area contributed by atoms with Gasteiger partial charge in [0.1, 0.15) is 0 Å². The first-order chi connectivity index (χ1) is 8.68. The highest BCUT2D eigenvalue weighted by Gasteiger charge is 2.33. The number of morpholine rings is 1. The first kappa shape index (κ1) is 12.9. The van der Waals surface area contributed by atoms with Crippen LogP contribution in [0.25, 0.3) is 0 Å². The Kier molecular flexibility index (Phi) is 4.19. The molecule has 0 aromatic rings. The molecule has 1 fully saturated rings. The molecule has 0 radical (unpaired) electrons. The van der Waals surface area contributed by atoms with E-state index in [9.17, 15) is 9.59 Å². The highest BCUT2D eigenvalue weighted by molar-refractivity contribution is 5.83. The summed E-state index contributed by atoms with van der Waals surface area (Å²) in [5.74, 6) is -1.02. The number of allylic oxidation sites excluding steroid dienone is 1. The van der Waals surface area contributed by atoms with Gasteiger partial charge in [-0.05, 0) is 19.3 Å². The van der Waals surface area contributed by atoms with Gasteiger partial charge in [0, 0.05) is 12.6 Å². The fourth-order valence-corrected chi connectivity index (χ4v) is 2.23. The highest BCUT2D eigenvalue weighted by Crippen LogP contribution is 2.13. The van der Waals surface area contributed by atoms with Crippen molar-refractivity contribution < 1.29 is 19.4 Å². The van der Waals surface area contributed by atoms with Crippen molar-refractivity contribution in [2.45, 2.75) is 31.3 Å². The summed E-state index contributed by atoms with van der Waals surface area (Å²) < 4.78 is 5.10. The van der Waals surface area contributed by atoms with Crippen LogP contribution >= 0.6 is 0 Å². The second-order valence-electron chi connectivity index (χ2n) is 4.55. The van der Waals surface area contributed by atoms with Crippen molar-refractivity contribution in [2.24, 2.45) is 0 Å². The van der Waals surface area contributed by atoms with E-state index in [1.165, 1.54) is 4.90 Å². The average Bonchev–Trinajstić information content (AvgIpc) is 2.40. The van der Waals surface area contributed by atoms with Crippen molar-refractivity contribution in [1.29, 1.82) is 0 Å². The van der Waals surface area contributed by atoms with Crippen LogP contribution in [0.2, 0.25) is 0 Å². The van der Waals surface area contributed by atoms with E-state index in [1.54, 1.807) is 0 Å². The van der Waals surface area contributed by atoms with E-state index in [4.69, 9.17) is 9.84 Å². The Balaban J connectivity index is 1.93. The molecule has 0 aromatic heterocycles. The number of amides is 2. The van der Waals surface area contributed by atoms with Gasteiger partial charge in [-0.15, -0.1) is 0 Å². The number of hydrogen-bond acceptors (Lipinski definition) is 3. The number of nitrogens with one attached hydrogen (secondary N) is 1. The number of carbonyl (C=O) groups is 2. The van der Waals surface area contributed by atoms with E-state index in [2.05, 4.69) is 11.4 Å². The van der Waals surface area contributed by atoms with Crippen LogP contribution in [-0.2, 0) is 9.53 Å². The zero-order valence-electron chi connectivity index (χ0n) is 10.2. The third kappa shape index (κ3) is 3.01. The van der Waals surface area contributed by atoms with E-state index in [0.29, 0.717) is 13.2 Å². The van der Waals surface area contributed by atoms with Gasteiger partial charge in [-0.25, -0.2) is 9.59 Å². The molecule has 2 aliphatic rings. The fraction of sp³-hybridized carbons (Fsp3) is 0.667. The second-order valence-corrected chi connectivity index (χ2v) is 4.55. The van der Waals surface area contributed by atoms with Crippen LogP contribution in [0.15, 0.2) is 12.2 Å². The lowest BCUT2D eigenvalue weighted by atomic mass is 10.0. The molecular formula is C12H18N2O4. The van der Waals surface area contributed by atoms with Crippen LogP contribution < -0.4 is 5.32 Å². The van der Waals surface area contributed by atoms with Gasteiger partial charge in [-0.1, -0.05) is 12.2 Å². The number of ether oxygens (including phenoxy) is 1. The molecule has 2 unspecified atom stereocenters. The first-order valence-electron chi connectivity index (χ1n) is 6.21. The monoisotopic (exact) mass is 254 g/mol. The summed E-state index contributed by atoms with van der Waals surface area (Å²) in [5.41, 5.74) is 0. The first-order valence-corrected chi connectivity index (χ1v) is 6.21. The molecule has 0 spiro atoms. The Morgan fingerprint density at radius 3 is 2.89 bits per heavy atom. The van der Waals surface area contributed by atoms with Gasteiger partial charge in [0.25, 0.3) is 0 Å². The standard InChI is InChI=1S/C12H18N2O4/c15-11(16)10-8-18-7-6-14(10)12(17)13-9-4-2-1-3-5-9/h1-2,9-10H,3-8H2,(H,13,17)(H,15,16). The van der Waals surface area contributed by atoms with E-state index in [1.807, 2.05) is 6.08 Å². The molecule has 0 saturated carbocycles. The van der Waals surface area contributed by atoms with Crippen molar-refractivity contribution in [1.82, 2.24) is 10.2 Å². The van der Waals surface area contributed by atoms with Crippen molar-refractivity contribution in [3.05, 3.63) is 12.2 Å². The minimum atomic E-state index is -1.02. The Hall–Kier alpha value is -1.56. The number of carbonyl (C=O) groups excluding carboxylic acids is 1.